The van der Waals surface area contributed by atoms with Gasteiger partial charge in [-0.1, -0.05) is 41.9 Å². The normalized spacial score (nSPS) is 16.4. The smallest absolute Gasteiger partial charge is 0.291 e. The van der Waals surface area contributed by atoms with Crippen LogP contribution in [0.2, 0.25) is 5.02 Å². The Labute approximate surface area is 273 Å². The molecule has 4 aromatic rings. The summed E-state index contributed by atoms with van der Waals surface area (Å²) in [4.78, 5) is 36.4. The van der Waals surface area contributed by atoms with E-state index in [1.54, 1.807) is 13.2 Å². The Bertz CT molecular complexity index is 1850. The van der Waals surface area contributed by atoms with Crippen LogP contribution in [0.4, 0.5) is 5.69 Å². The monoisotopic (exact) mass is 639 g/mol. The molecule has 0 aliphatic carbocycles. The number of nitrogens with zero attached hydrogens (tertiary/aromatic N) is 4. The maximum absolute atomic E-state index is 13.4. The third kappa shape index (κ3) is 6.17. The molecular weight excluding hydrogens is 602 g/mol. The van der Waals surface area contributed by atoms with Gasteiger partial charge in [0.15, 0.2) is 5.82 Å². The summed E-state index contributed by atoms with van der Waals surface area (Å²) in [5.74, 6) is 2.80. The molecule has 4 heterocycles. The van der Waals surface area contributed by atoms with Crippen molar-refractivity contribution in [2.75, 3.05) is 32.6 Å². The molecule has 2 aromatic carbocycles. The van der Waals surface area contributed by atoms with E-state index >= 15 is 0 Å². The number of hydrogen-bond acceptors (Lipinski definition) is 8. The van der Waals surface area contributed by atoms with Crippen molar-refractivity contribution in [1.29, 1.82) is 0 Å². The SMILES string of the molecule is COc1cc(-c2cccc(-c3cccc(NC(=O)c4nc5c(n4C)CCN(C)C5)c3Cl)c2C)ncc1CNC1CCCNC1=C=O. The van der Waals surface area contributed by atoms with Gasteiger partial charge in [0, 0.05) is 74.3 Å². The fourth-order valence-electron chi connectivity index (χ4n) is 6.36. The van der Waals surface area contributed by atoms with Crippen molar-refractivity contribution < 1.29 is 14.3 Å². The molecule has 10 nitrogen and oxygen atoms in total. The molecule has 0 spiro atoms. The van der Waals surface area contributed by atoms with Crippen molar-refractivity contribution in [3.05, 3.63) is 87.7 Å². The van der Waals surface area contributed by atoms with Gasteiger partial charge in [-0.25, -0.2) is 9.78 Å². The fraction of sp³-hybridized carbons (Fsp3) is 0.343. The molecule has 0 radical (unpaired) electrons. The standard InChI is InChI=1S/C35H38ClN7O3/c1-21-23(25-10-6-11-27(33(25)36)41-35(45)34-40-29-19-42(2)15-13-31(29)43(34)3)8-5-9-24(21)28-16-32(46-4)22(18-39-28)17-38-26-12-7-14-37-30(26)20-44/h5-6,8-11,16,18,26,37-38H,7,12-15,17,19H2,1-4H3,(H,41,45). The van der Waals surface area contributed by atoms with E-state index in [1.165, 1.54) is 0 Å². The number of carbonyl (C=O) groups excluding carboxylic acids is 2. The molecule has 2 aromatic heterocycles. The molecule has 1 fully saturated rings. The summed E-state index contributed by atoms with van der Waals surface area (Å²) in [5.41, 5.74) is 8.42. The van der Waals surface area contributed by atoms with Crippen LogP contribution in [0.25, 0.3) is 22.4 Å². The van der Waals surface area contributed by atoms with Gasteiger partial charge < -0.3 is 30.2 Å². The zero-order chi connectivity index (χ0) is 32.4. The average Bonchev–Trinajstić information content (AvgIpc) is 3.40. The number of piperidine rings is 1. The number of nitrogens with one attached hydrogen (secondary N) is 3. The number of ether oxygens (including phenoxy) is 1. The fourth-order valence-corrected chi connectivity index (χ4v) is 6.63. The highest BCUT2D eigenvalue weighted by molar-refractivity contribution is 6.36. The lowest BCUT2D eigenvalue weighted by Gasteiger charge is -2.25. The van der Waals surface area contributed by atoms with Crippen LogP contribution in [0.15, 0.2) is 54.4 Å². The number of fused-ring (bicyclic) bond motifs is 1. The first-order valence-electron chi connectivity index (χ1n) is 15.5. The molecule has 6 rings (SSSR count). The summed E-state index contributed by atoms with van der Waals surface area (Å²) < 4.78 is 7.64. The van der Waals surface area contributed by atoms with Crippen LogP contribution in [-0.4, -0.2) is 64.6 Å². The van der Waals surface area contributed by atoms with E-state index < -0.39 is 0 Å². The van der Waals surface area contributed by atoms with E-state index in [2.05, 4.69) is 32.9 Å². The maximum Gasteiger partial charge on any atom is 0.291 e. The third-order valence-electron chi connectivity index (χ3n) is 8.94. The Kier molecular flexibility index (Phi) is 9.24. The second kappa shape index (κ2) is 13.5. The Balaban J connectivity index is 1.24. The van der Waals surface area contributed by atoms with E-state index in [4.69, 9.17) is 21.3 Å². The van der Waals surface area contributed by atoms with Gasteiger partial charge in [0.05, 0.1) is 35.2 Å². The second-order valence-electron chi connectivity index (χ2n) is 11.9. The van der Waals surface area contributed by atoms with Gasteiger partial charge in [0.25, 0.3) is 5.91 Å². The zero-order valence-electron chi connectivity index (χ0n) is 26.5. The van der Waals surface area contributed by atoms with Crippen molar-refractivity contribution in [3.63, 3.8) is 0 Å². The first-order chi connectivity index (χ1) is 22.3. The van der Waals surface area contributed by atoms with Crippen LogP contribution in [0.3, 0.4) is 0 Å². The van der Waals surface area contributed by atoms with Crippen LogP contribution in [0.1, 0.15) is 46.0 Å². The summed E-state index contributed by atoms with van der Waals surface area (Å²) in [6.07, 6.45) is 4.51. The van der Waals surface area contributed by atoms with Crippen molar-refractivity contribution in [2.45, 2.75) is 45.3 Å². The van der Waals surface area contributed by atoms with Gasteiger partial charge in [0.1, 0.15) is 17.4 Å². The van der Waals surface area contributed by atoms with E-state index in [9.17, 15) is 9.59 Å². The summed E-state index contributed by atoms with van der Waals surface area (Å²) in [6.45, 7) is 4.98. The first-order valence-corrected chi connectivity index (χ1v) is 15.8. The number of anilines is 1. The molecule has 1 saturated heterocycles. The lowest BCUT2D eigenvalue weighted by atomic mass is 9.94. The van der Waals surface area contributed by atoms with Crippen molar-refractivity contribution >= 4 is 29.1 Å². The molecule has 1 atom stereocenters. The van der Waals surface area contributed by atoms with Gasteiger partial charge in [0.2, 0.25) is 0 Å². The lowest BCUT2D eigenvalue weighted by Crippen LogP contribution is -2.41. The predicted octanol–water partition coefficient (Wildman–Crippen LogP) is 4.92. The molecule has 1 amide bonds. The van der Waals surface area contributed by atoms with E-state index in [0.717, 1.165) is 83.8 Å². The van der Waals surface area contributed by atoms with E-state index in [1.807, 2.05) is 67.1 Å². The molecule has 2 aliphatic heterocycles. The highest BCUT2D eigenvalue weighted by atomic mass is 35.5. The van der Waals surface area contributed by atoms with Gasteiger partial charge >= 0.3 is 0 Å². The Morgan fingerprint density at radius 2 is 1.96 bits per heavy atom. The summed E-state index contributed by atoms with van der Waals surface area (Å²) in [6, 6.07) is 13.5. The molecule has 238 valence electrons. The van der Waals surface area contributed by atoms with Gasteiger partial charge in [-0.3, -0.25) is 9.78 Å². The number of aromatic nitrogens is 3. The van der Waals surface area contributed by atoms with Gasteiger partial charge in [-0.15, -0.1) is 0 Å². The van der Waals surface area contributed by atoms with Crippen molar-refractivity contribution in [3.8, 4) is 28.1 Å². The molecule has 2 aliphatic rings. The summed E-state index contributed by atoms with van der Waals surface area (Å²) >= 11 is 6.97. The minimum absolute atomic E-state index is 0.0732. The predicted molar refractivity (Wildman–Crippen MR) is 180 cm³/mol. The van der Waals surface area contributed by atoms with Crippen LogP contribution in [0, 0.1) is 6.92 Å². The second-order valence-corrected chi connectivity index (χ2v) is 12.3. The molecule has 0 bridgehead atoms. The highest BCUT2D eigenvalue weighted by Gasteiger charge is 2.25. The topological polar surface area (TPSA) is 113 Å². The number of imidazole rings is 1. The number of carbonyl (C=O) groups is 1. The van der Waals surface area contributed by atoms with Crippen LogP contribution < -0.4 is 20.7 Å². The molecule has 3 N–H and O–H groups in total. The average molecular weight is 640 g/mol. The highest BCUT2D eigenvalue weighted by Crippen LogP contribution is 2.39. The van der Waals surface area contributed by atoms with Crippen molar-refractivity contribution in [2.24, 2.45) is 7.05 Å². The van der Waals surface area contributed by atoms with E-state index in [0.29, 0.717) is 34.5 Å². The number of benzene rings is 2. The minimum Gasteiger partial charge on any atom is -0.496 e. The quantitative estimate of drug-likeness (QED) is 0.233. The number of methoxy groups -OCH3 is 1. The number of pyridine rings is 1. The summed E-state index contributed by atoms with van der Waals surface area (Å²) in [5, 5.41) is 10.0. The number of amides is 1. The lowest BCUT2D eigenvalue weighted by molar-refractivity contribution is 0.101. The van der Waals surface area contributed by atoms with Gasteiger partial charge in [-0.2, -0.15) is 0 Å². The maximum atomic E-state index is 13.4. The molecule has 46 heavy (non-hydrogen) atoms. The minimum atomic E-state index is -0.298. The van der Waals surface area contributed by atoms with Crippen LogP contribution >= 0.6 is 11.6 Å². The van der Waals surface area contributed by atoms with E-state index in [-0.39, 0.29) is 11.9 Å². The largest absolute Gasteiger partial charge is 0.496 e. The van der Waals surface area contributed by atoms with Crippen molar-refractivity contribution in [1.82, 2.24) is 30.1 Å². The number of rotatable bonds is 8. The molecule has 0 saturated carbocycles. The third-order valence-corrected chi connectivity index (χ3v) is 9.35. The van der Waals surface area contributed by atoms with Gasteiger partial charge in [-0.05, 0) is 44.0 Å². The first kappa shape index (κ1) is 31.5. The zero-order valence-corrected chi connectivity index (χ0v) is 27.3. The molecular formula is C35H38ClN7O3. The molecule has 11 heteroatoms. The Morgan fingerprint density at radius 3 is 2.76 bits per heavy atom. The number of hydrogen-bond donors (Lipinski definition) is 3. The Morgan fingerprint density at radius 1 is 1.17 bits per heavy atom. The summed E-state index contributed by atoms with van der Waals surface area (Å²) in [7, 11) is 5.59. The number of halogens is 1. The van der Waals surface area contributed by atoms with Crippen LogP contribution in [0.5, 0.6) is 5.75 Å². The number of likely N-dealkylation sites (N-methyl/N-ethyl adjacent to an activating group) is 1. The molecule has 1 unspecified atom stereocenters. The Hall–Kier alpha value is -4.47. The van der Waals surface area contributed by atoms with Crippen LogP contribution in [-0.2, 0) is 31.4 Å².